The minimum atomic E-state index is -0.827. The number of carbonyl (C=O) groups is 3. The zero-order chi connectivity index (χ0) is 42.3. The van der Waals surface area contributed by atoms with Gasteiger partial charge in [0.15, 0.2) is 6.10 Å². The Labute approximate surface area is 354 Å². The summed E-state index contributed by atoms with van der Waals surface area (Å²) >= 11 is 0. The van der Waals surface area contributed by atoms with E-state index in [0.717, 1.165) is 109 Å². The van der Waals surface area contributed by atoms with Gasteiger partial charge in [0.2, 0.25) is 0 Å². The van der Waals surface area contributed by atoms with Crippen molar-refractivity contribution in [3.05, 3.63) is 134 Å². The van der Waals surface area contributed by atoms with Gasteiger partial charge in [0, 0.05) is 19.3 Å². The summed E-state index contributed by atoms with van der Waals surface area (Å²) in [7, 11) is 0. The fourth-order valence-electron chi connectivity index (χ4n) is 5.30. The smallest absolute Gasteiger partial charge is 0.306 e. The van der Waals surface area contributed by atoms with E-state index in [4.69, 9.17) is 14.2 Å². The lowest BCUT2D eigenvalue weighted by Crippen LogP contribution is -2.30. The highest BCUT2D eigenvalue weighted by Gasteiger charge is 2.19. The normalized spacial score (nSPS) is 13.4. The number of allylic oxidation sites excluding steroid dienone is 22. The number of rotatable bonds is 37. The molecule has 0 saturated heterocycles. The van der Waals surface area contributed by atoms with Crippen molar-refractivity contribution in [2.24, 2.45) is 0 Å². The van der Waals surface area contributed by atoms with E-state index in [0.29, 0.717) is 19.3 Å². The topological polar surface area (TPSA) is 78.9 Å². The summed E-state index contributed by atoms with van der Waals surface area (Å²) < 4.78 is 16.6. The maximum atomic E-state index is 12.7. The third-order valence-corrected chi connectivity index (χ3v) is 8.57. The number of ether oxygens (including phenoxy) is 3. The van der Waals surface area contributed by atoms with Crippen LogP contribution in [0.1, 0.15) is 156 Å². The second-order valence-electron chi connectivity index (χ2n) is 14.0. The molecule has 0 heterocycles. The molecule has 0 fully saturated rings. The van der Waals surface area contributed by atoms with Crippen LogP contribution < -0.4 is 0 Å². The molecule has 0 bridgehead atoms. The molecule has 0 aromatic heterocycles. The number of carbonyl (C=O) groups excluding carboxylic acids is 3. The summed E-state index contributed by atoms with van der Waals surface area (Å²) in [5.41, 5.74) is 0. The van der Waals surface area contributed by atoms with E-state index in [2.05, 4.69) is 81.5 Å². The summed E-state index contributed by atoms with van der Waals surface area (Å²) in [6.07, 6.45) is 62.9. The van der Waals surface area contributed by atoms with Crippen molar-refractivity contribution in [1.82, 2.24) is 0 Å². The van der Waals surface area contributed by atoms with Crippen molar-refractivity contribution in [2.45, 2.75) is 162 Å². The van der Waals surface area contributed by atoms with E-state index in [1.807, 2.05) is 72.9 Å². The first-order valence-electron chi connectivity index (χ1n) is 22.3. The fraction of sp³-hybridized carbons (Fsp3) is 0.519. The molecule has 1 atom stereocenters. The van der Waals surface area contributed by atoms with Crippen LogP contribution in [0.3, 0.4) is 0 Å². The van der Waals surface area contributed by atoms with Crippen molar-refractivity contribution in [1.29, 1.82) is 0 Å². The molecule has 6 heteroatoms. The number of hydrogen-bond donors (Lipinski definition) is 0. The Hall–Kier alpha value is -4.45. The van der Waals surface area contributed by atoms with Gasteiger partial charge in [0.25, 0.3) is 0 Å². The van der Waals surface area contributed by atoms with E-state index in [-0.39, 0.29) is 37.5 Å². The summed E-state index contributed by atoms with van der Waals surface area (Å²) in [6, 6.07) is 0. The van der Waals surface area contributed by atoms with E-state index < -0.39 is 6.10 Å². The minimum Gasteiger partial charge on any atom is -0.462 e. The van der Waals surface area contributed by atoms with Crippen LogP contribution in [0, 0.1) is 0 Å². The summed E-state index contributed by atoms with van der Waals surface area (Å²) in [4.78, 5) is 37.7. The molecule has 0 radical (unpaired) electrons. The molecule has 0 amide bonds. The molecule has 0 saturated carbocycles. The Bertz CT molecular complexity index is 1330. The third kappa shape index (κ3) is 42.7. The molecule has 0 aliphatic heterocycles. The molecular formula is C52H78O6. The van der Waals surface area contributed by atoms with Gasteiger partial charge in [-0.05, 0) is 89.9 Å². The first kappa shape index (κ1) is 53.6. The molecule has 0 rings (SSSR count). The van der Waals surface area contributed by atoms with Crippen LogP contribution >= 0.6 is 0 Å². The lowest BCUT2D eigenvalue weighted by Gasteiger charge is -2.18. The van der Waals surface area contributed by atoms with Gasteiger partial charge in [0.05, 0.1) is 0 Å². The van der Waals surface area contributed by atoms with Gasteiger partial charge in [-0.15, -0.1) is 0 Å². The van der Waals surface area contributed by atoms with E-state index in [1.165, 1.54) is 0 Å². The molecule has 0 aliphatic rings. The van der Waals surface area contributed by atoms with Crippen LogP contribution in [0.25, 0.3) is 0 Å². The minimum absolute atomic E-state index is 0.125. The number of hydrogen-bond acceptors (Lipinski definition) is 6. The zero-order valence-electron chi connectivity index (χ0n) is 36.5. The van der Waals surface area contributed by atoms with Crippen molar-refractivity contribution in [3.8, 4) is 0 Å². The summed E-state index contributed by atoms with van der Waals surface area (Å²) in [5.74, 6) is -1.04. The fourth-order valence-corrected chi connectivity index (χ4v) is 5.30. The first-order valence-corrected chi connectivity index (χ1v) is 22.3. The molecule has 0 N–H and O–H groups in total. The molecule has 0 aromatic rings. The van der Waals surface area contributed by atoms with E-state index >= 15 is 0 Å². The van der Waals surface area contributed by atoms with E-state index in [1.54, 1.807) is 0 Å². The van der Waals surface area contributed by atoms with Crippen molar-refractivity contribution < 1.29 is 28.6 Å². The SMILES string of the molecule is CC\C=C/C=C\C=C/C=C\CCCCCC(=O)OCC(COC(=O)CCCCCC/C=C\C/C=C\C/C=C\CC)OC(=O)CCCCC\C=C/C=C\C=C/C=C\CC. The predicted molar refractivity (Wildman–Crippen MR) is 246 cm³/mol. The maximum absolute atomic E-state index is 12.7. The van der Waals surface area contributed by atoms with Crippen LogP contribution in [0.2, 0.25) is 0 Å². The van der Waals surface area contributed by atoms with Crippen LogP contribution in [-0.2, 0) is 28.6 Å². The van der Waals surface area contributed by atoms with Crippen molar-refractivity contribution >= 4 is 17.9 Å². The van der Waals surface area contributed by atoms with Crippen LogP contribution in [0.5, 0.6) is 0 Å². The second-order valence-corrected chi connectivity index (χ2v) is 14.0. The highest BCUT2D eigenvalue weighted by molar-refractivity contribution is 5.71. The Balaban J connectivity index is 4.60. The van der Waals surface area contributed by atoms with E-state index in [9.17, 15) is 14.4 Å². The lowest BCUT2D eigenvalue weighted by atomic mass is 10.1. The molecule has 0 spiro atoms. The molecule has 1 unspecified atom stereocenters. The second kappa shape index (κ2) is 45.3. The first-order chi connectivity index (χ1) is 28.5. The molecule has 6 nitrogen and oxygen atoms in total. The van der Waals surface area contributed by atoms with Crippen molar-refractivity contribution in [2.75, 3.05) is 13.2 Å². The average molecular weight is 799 g/mol. The van der Waals surface area contributed by atoms with Crippen molar-refractivity contribution in [3.63, 3.8) is 0 Å². The standard InChI is InChI=1S/C52H78O6/c1-4-7-10-13-16-19-22-25-28-30-33-36-39-42-45-51(54)57-48-49(58-52(55)46-43-40-37-34-31-27-24-21-18-15-12-9-6-3)47-56-50(53)44-41-38-35-32-29-26-23-20-17-14-11-8-5-2/h7-12,14-21,23-29,31,49H,4-6,13,22,30,32-48H2,1-3H3/b10-7-,11-8-,12-9-,17-14-,18-15-,19-16-,23-20-,24-21-,28-25-,29-26-,31-27-. The molecule has 0 aromatic carbocycles. The zero-order valence-corrected chi connectivity index (χ0v) is 36.5. The number of unbranched alkanes of at least 4 members (excludes halogenated alkanes) is 10. The monoisotopic (exact) mass is 799 g/mol. The van der Waals surface area contributed by atoms with Crippen LogP contribution in [0.4, 0.5) is 0 Å². The third-order valence-electron chi connectivity index (χ3n) is 8.57. The van der Waals surface area contributed by atoms with Gasteiger partial charge >= 0.3 is 17.9 Å². The molecular weight excluding hydrogens is 721 g/mol. The van der Waals surface area contributed by atoms with Gasteiger partial charge < -0.3 is 14.2 Å². The quantitative estimate of drug-likeness (QED) is 0.0205. The molecule has 322 valence electrons. The highest BCUT2D eigenvalue weighted by atomic mass is 16.6. The number of esters is 3. The van der Waals surface area contributed by atoms with Gasteiger partial charge in [-0.1, -0.05) is 180 Å². The molecule has 0 aliphatic carbocycles. The Morgan fingerprint density at radius 2 is 0.707 bits per heavy atom. The van der Waals surface area contributed by atoms with Crippen LogP contribution in [0.15, 0.2) is 134 Å². The molecule has 58 heavy (non-hydrogen) atoms. The Morgan fingerprint density at radius 3 is 1.17 bits per heavy atom. The maximum Gasteiger partial charge on any atom is 0.306 e. The Kier molecular flexibility index (Phi) is 41.8. The highest BCUT2D eigenvalue weighted by Crippen LogP contribution is 2.11. The average Bonchev–Trinajstić information content (AvgIpc) is 3.22. The van der Waals surface area contributed by atoms with Gasteiger partial charge in [0.1, 0.15) is 13.2 Å². The van der Waals surface area contributed by atoms with Gasteiger partial charge in [-0.25, -0.2) is 0 Å². The Morgan fingerprint density at radius 1 is 0.362 bits per heavy atom. The largest absolute Gasteiger partial charge is 0.462 e. The van der Waals surface area contributed by atoms with Crippen LogP contribution in [-0.4, -0.2) is 37.2 Å². The van der Waals surface area contributed by atoms with Gasteiger partial charge in [-0.2, -0.15) is 0 Å². The summed E-state index contributed by atoms with van der Waals surface area (Å²) in [6.45, 7) is 6.11. The summed E-state index contributed by atoms with van der Waals surface area (Å²) in [5, 5.41) is 0. The predicted octanol–water partition coefficient (Wildman–Crippen LogP) is 14.4. The van der Waals surface area contributed by atoms with Gasteiger partial charge in [-0.3, -0.25) is 14.4 Å². The lowest BCUT2D eigenvalue weighted by molar-refractivity contribution is -0.167.